The van der Waals surface area contributed by atoms with Crippen LogP contribution < -0.4 is 4.72 Å². The van der Waals surface area contributed by atoms with Crippen molar-refractivity contribution in [1.29, 1.82) is 0 Å². The first-order chi connectivity index (χ1) is 18.9. The molecule has 1 aliphatic heterocycles. The molecule has 40 heavy (non-hydrogen) atoms. The normalized spacial score (nSPS) is 17.1. The number of benzene rings is 2. The van der Waals surface area contributed by atoms with Crippen molar-refractivity contribution in [1.82, 2.24) is 14.5 Å². The highest BCUT2D eigenvalue weighted by atomic mass is 32.2. The number of nitrogens with zero attached hydrogens (tertiary/aromatic N) is 2. The summed E-state index contributed by atoms with van der Waals surface area (Å²) in [5.74, 6) is -0.131. The molecular weight excluding hydrogens is 522 g/mol. The van der Waals surface area contributed by atoms with Gasteiger partial charge in [-0.2, -0.15) is 4.72 Å². The predicted molar refractivity (Wildman–Crippen MR) is 161 cm³/mol. The largest absolute Gasteiger partial charge is 0.337 e. The molecule has 2 amide bonds. The maximum Gasteiger partial charge on any atom is 0.241 e. The summed E-state index contributed by atoms with van der Waals surface area (Å²) in [7, 11) is -3.94. The molecule has 0 saturated carbocycles. The second-order valence-electron chi connectivity index (χ2n) is 12.0. The number of sulfonamides is 1. The summed E-state index contributed by atoms with van der Waals surface area (Å²) in [5.41, 5.74) is 1.80. The molecule has 0 radical (unpaired) electrons. The van der Waals surface area contributed by atoms with Gasteiger partial charge in [0.1, 0.15) is 6.04 Å². The lowest BCUT2D eigenvalue weighted by Crippen LogP contribution is -2.59. The van der Waals surface area contributed by atoms with Crippen molar-refractivity contribution in [3.05, 3.63) is 65.7 Å². The standard InChI is InChI=1S/C32H47N3O4S/c1-6-7-8-9-13-16-30(36)35-22-21-34(24-25(35)2)31(37)29(23-26-14-11-10-12-15-26)33-40(38,39)28-19-17-27(18-20-28)32(3,4)5/h10-12,14-15,17-20,25,29,33H,6-9,13,16,21-24H2,1-5H3. The van der Waals surface area contributed by atoms with E-state index in [1.54, 1.807) is 17.0 Å². The Morgan fingerprint density at radius 1 is 0.950 bits per heavy atom. The van der Waals surface area contributed by atoms with Crippen molar-refractivity contribution in [2.24, 2.45) is 0 Å². The second kappa shape index (κ2) is 14.3. The first kappa shape index (κ1) is 31.8. The molecule has 1 aliphatic rings. The zero-order chi connectivity index (χ0) is 29.3. The van der Waals surface area contributed by atoms with Gasteiger partial charge in [-0.1, -0.05) is 95.8 Å². The molecule has 2 atom stereocenters. The number of hydrogen-bond acceptors (Lipinski definition) is 4. The lowest BCUT2D eigenvalue weighted by atomic mass is 9.87. The molecule has 0 aliphatic carbocycles. The third-order valence-corrected chi connectivity index (χ3v) is 9.15. The summed E-state index contributed by atoms with van der Waals surface area (Å²) >= 11 is 0. The van der Waals surface area contributed by atoms with Crippen molar-refractivity contribution in [3.63, 3.8) is 0 Å². The smallest absolute Gasteiger partial charge is 0.241 e. The van der Waals surface area contributed by atoms with Crippen molar-refractivity contribution in [2.45, 2.75) is 102 Å². The Kier molecular flexibility index (Phi) is 11.3. The van der Waals surface area contributed by atoms with Crippen molar-refractivity contribution in [2.75, 3.05) is 19.6 Å². The minimum Gasteiger partial charge on any atom is -0.337 e. The fourth-order valence-corrected chi connectivity index (χ4v) is 6.38. The van der Waals surface area contributed by atoms with Crippen LogP contribution in [0.5, 0.6) is 0 Å². The van der Waals surface area contributed by atoms with E-state index in [4.69, 9.17) is 0 Å². The fourth-order valence-electron chi connectivity index (χ4n) is 5.19. The minimum absolute atomic E-state index is 0.100. The van der Waals surface area contributed by atoms with Crippen LogP contribution in [0.15, 0.2) is 59.5 Å². The number of piperazine rings is 1. The number of rotatable bonds is 12. The van der Waals surface area contributed by atoms with Gasteiger partial charge in [0.2, 0.25) is 21.8 Å². The second-order valence-corrected chi connectivity index (χ2v) is 13.7. The van der Waals surface area contributed by atoms with Gasteiger partial charge in [-0.3, -0.25) is 9.59 Å². The lowest BCUT2D eigenvalue weighted by molar-refractivity contribution is -0.143. The van der Waals surface area contributed by atoms with Crippen LogP contribution in [0.1, 0.15) is 84.3 Å². The van der Waals surface area contributed by atoms with E-state index in [1.807, 2.05) is 54.3 Å². The fraction of sp³-hybridized carbons (Fsp3) is 0.562. The van der Waals surface area contributed by atoms with E-state index in [0.717, 1.165) is 30.4 Å². The van der Waals surface area contributed by atoms with E-state index < -0.39 is 16.1 Å². The van der Waals surface area contributed by atoms with Crippen LogP contribution in [-0.2, 0) is 31.4 Å². The van der Waals surface area contributed by atoms with E-state index in [2.05, 4.69) is 32.4 Å². The molecule has 7 nitrogen and oxygen atoms in total. The maximum atomic E-state index is 13.8. The van der Waals surface area contributed by atoms with Gasteiger partial charge in [0.25, 0.3) is 0 Å². The van der Waals surface area contributed by atoms with E-state index >= 15 is 0 Å². The molecule has 1 fully saturated rings. The van der Waals surface area contributed by atoms with Crippen LogP contribution in [0.2, 0.25) is 0 Å². The van der Waals surface area contributed by atoms with Crippen LogP contribution in [0, 0.1) is 0 Å². The lowest BCUT2D eigenvalue weighted by Gasteiger charge is -2.41. The number of unbranched alkanes of at least 4 members (excludes halogenated alkanes) is 4. The molecule has 8 heteroatoms. The molecular formula is C32H47N3O4S. The molecule has 220 valence electrons. The third kappa shape index (κ3) is 8.90. The molecule has 3 rings (SSSR count). The first-order valence-corrected chi connectivity index (χ1v) is 16.2. The Morgan fingerprint density at radius 3 is 2.20 bits per heavy atom. The summed E-state index contributed by atoms with van der Waals surface area (Å²) in [6.07, 6.45) is 6.25. The van der Waals surface area contributed by atoms with E-state index in [1.165, 1.54) is 12.8 Å². The van der Waals surface area contributed by atoms with Crippen molar-refractivity contribution < 1.29 is 18.0 Å². The van der Waals surface area contributed by atoms with E-state index in [9.17, 15) is 18.0 Å². The highest BCUT2D eigenvalue weighted by molar-refractivity contribution is 7.89. The molecule has 0 spiro atoms. The number of hydrogen-bond donors (Lipinski definition) is 1. The molecule has 1 saturated heterocycles. The number of amides is 2. The van der Waals surface area contributed by atoms with Crippen molar-refractivity contribution >= 4 is 21.8 Å². The topological polar surface area (TPSA) is 86.8 Å². The summed E-state index contributed by atoms with van der Waals surface area (Å²) in [6, 6.07) is 15.2. The third-order valence-electron chi connectivity index (χ3n) is 7.66. The molecule has 2 aromatic rings. The molecule has 0 bridgehead atoms. The molecule has 0 aromatic heterocycles. The number of carbonyl (C=O) groups is 2. The summed E-state index contributed by atoms with van der Waals surface area (Å²) < 4.78 is 29.5. The SMILES string of the molecule is CCCCCCCC(=O)N1CCN(C(=O)C(Cc2ccccc2)NS(=O)(=O)c2ccc(C(C)(C)C)cc2)CC1C. The monoisotopic (exact) mass is 569 g/mol. The predicted octanol–water partition coefficient (Wildman–Crippen LogP) is 5.29. The van der Waals surface area contributed by atoms with Gasteiger partial charge in [0.05, 0.1) is 4.90 Å². The van der Waals surface area contributed by atoms with Crippen LogP contribution in [-0.4, -0.2) is 61.7 Å². The van der Waals surface area contributed by atoms with Crippen LogP contribution >= 0.6 is 0 Å². The van der Waals surface area contributed by atoms with Gasteiger partial charge in [-0.25, -0.2) is 8.42 Å². The van der Waals surface area contributed by atoms with Gasteiger partial charge >= 0.3 is 0 Å². The first-order valence-electron chi connectivity index (χ1n) is 14.7. The Labute approximate surface area is 241 Å². The summed E-state index contributed by atoms with van der Waals surface area (Å²) in [5, 5.41) is 0. The van der Waals surface area contributed by atoms with Gasteiger partial charge in [-0.05, 0) is 48.4 Å². The van der Waals surface area contributed by atoms with E-state index in [-0.39, 0.29) is 34.6 Å². The summed E-state index contributed by atoms with van der Waals surface area (Å²) in [4.78, 5) is 30.3. The highest BCUT2D eigenvalue weighted by Crippen LogP contribution is 2.24. The van der Waals surface area contributed by atoms with Gasteiger partial charge in [0.15, 0.2) is 0 Å². The zero-order valence-corrected chi connectivity index (χ0v) is 25.7. The van der Waals surface area contributed by atoms with E-state index in [0.29, 0.717) is 26.1 Å². The van der Waals surface area contributed by atoms with Gasteiger partial charge in [-0.15, -0.1) is 0 Å². The Balaban J connectivity index is 1.71. The van der Waals surface area contributed by atoms with Crippen LogP contribution in [0.3, 0.4) is 0 Å². The molecule has 1 N–H and O–H groups in total. The minimum atomic E-state index is -3.94. The molecule has 1 heterocycles. The number of carbonyl (C=O) groups excluding carboxylic acids is 2. The van der Waals surface area contributed by atoms with Crippen LogP contribution in [0.4, 0.5) is 0 Å². The highest BCUT2D eigenvalue weighted by Gasteiger charge is 2.34. The molecule has 2 unspecified atom stereocenters. The average molecular weight is 570 g/mol. The Bertz CT molecular complexity index is 1210. The zero-order valence-electron chi connectivity index (χ0n) is 24.9. The Hall–Kier alpha value is -2.71. The Morgan fingerprint density at radius 2 is 1.60 bits per heavy atom. The number of nitrogens with one attached hydrogen (secondary N) is 1. The molecule has 2 aromatic carbocycles. The summed E-state index contributed by atoms with van der Waals surface area (Å²) in [6.45, 7) is 11.6. The quantitative estimate of drug-likeness (QED) is 0.352. The van der Waals surface area contributed by atoms with Crippen LogP contribution in [0.25, 0.3) is 0 Å². The average Bonchev–Trinajstić information content (AvgIpc) is 2.92. The van der Waals surface area contributed by atoms with Gasteiger partial charge < -0.3 is 9.80 Å². The van der Waals surface area contributed by atoms with Crippen molar-refractivity contribution in [3.8, 4) is 0 Å². The maximum absolute atomic E-state index is 13.8. The van der Waals surface area contributed by atoms with Gasteiger partial charge in [0, 0.05) is 32.1 Å².